The number of anilines is 1. The maximum atomic E-state index is 12.4. The van der Waals surface area contributed by atoms with Crippen LogP contribution in [0.3, 0.4) is 0 Å². The second-order valence-electron chi connectivity index (χ2n) is 5.42. The van der Waals surface area contributed by atoms with E-state index in [2.05, 4.69) is 10.3 Å². The first-order valence-corrected chi connectivity index (χ1v) is 7.50. The van der Waals surface area contributed by atoms with Crippen molar-refractivity contribution >= 4 is 23.5 Å². The van der Waals surface area contributed by atoms with Crippen molar-refractivity contribution in [3.8, 4) is 0 Å². The largest absolute Gasteiger partial charge is 0.370 e. The van der Waals surface area contributed by atoms with E-state index in [1.54, 1.807) is 24.3 Å². The van der Waals surface area contributed by atoms with E-state index in [1.807, 2.05) is 30.3 Å². The first-order valence-electron chi connectivity index (χ1n) is 7.50. The highest BCUT2D eigenvalue weighted by Crippen LogP contribution is 2.24. The highest BCUT2D eigenvalue weighted by molar-refractivity contribution is 5.95. The highest BCUT2D eigenvalue weighted by atomic mass is 16.2. The number of aliphatic imine (C=N–C) groups is 1. The quantitative estimate of drug-likeness (QED) is 0.575. The summed E-state index contributed by atoms with van der Waals surface area (Å²) in [7, 11) is 0. The van der Waals surface area contributed by atoms with Crippen molar-refractivity contribution in [3.63, 3.8) is 0 Å². The van der Waals surface area contributed by atoms with Gasteiger partial charge in [0.15, 0.2) is 5.96 Å². The number of nitrogens with two attached hydrogens (primary N) is 2. The summed E-state index contributed by atoms with van der Waals surface area (Å²) in [6.07, 6.45) is 0.482. The number of carbonyl (C=O) groups is 2. The highest BCUT2D eigenvalue weighted by Gasteiger charge is 2.21. The molecule has 2 aromatic carbocycles. The van der Waals surface area contributed by atoms with Crippen molar-refractivity contribution in [2.24, 2.45) is 16.5 Å². The molecule has 5 N–H and O–H groups in total. The first kappa shape index (κ1) is 17.2. The van der Waals surface area contributed by atoms with Crippen molar-refractivity contribution in [3.05, 3.63) is 65.7 Å². The summed E-state index contributed by atoms with van der Waals surface area (Å²) in [5.74, 6) is -1.31. The van der Waals surface area contributed by atoms with Crippen molar-refractivity contribution in [2.75, 3.05) is 5.32 Å². The summed E-state index contributed by atoms with van der Waals surface area (Å²) in [6, 6.07) is 16.7. The first-order chi connectivity index (χ1) is 11.5. The molecule has 0 unspecified atom stereocenters. The molecule has 6 nitrogen and oxygen atoms in total. The van der Waals surface area contributed by atoms with Crippen LogP contribution in [0.1, 0.15) is 24.0 Å². The molecule has 0 bridgehead atoms. The van der Waals surface area contributed by atoms with Crippen molar-refractivity contribution in [1.29, 1.82) is 0 Å². The van der Waals surface area contributed by atoms with Crippen LogP contribution in [0, 0.1) is 0 Å². The van der Waals surface area contributed by atoms with Crippen LogP contribution in [-0.4, -0.2) is 17.8 Å². The molecule has 0 fully saturated rings. The van der Waals surface area contributed by atoms with E-state index in [9.17, 15) is 9.59 Å². The number of nitrogens with one attached hydrogen (secondary N) is 1. The van der Waals surface area contributed by atoms with Crippen LogP contribution in [0.4, 0.5) is 5.69 Å². The summed E-state index contributed by atoms with van der Waals surface area (Å²) in [6.45, 7) is 1.44. The summed E-state index contributed by atoms with van der Waals surface area (Å²) in [4.78, 5) is 27.2. The van der Waals surface area contributed by atoms with Crippen LogP contribution in [0.25, 0.3) is 0 Å². The number of hydrogen-bond acceptors (Lipinski definition) is 2. The molecule has 0 aliphatic heterocycles. The number of rotatable bonds is 5. The normalized spacial score (nSPS) is 11.4. The van der Waals surface area contributed by atoms with Crippen LogP contribution >= 0.6 is 0 Å². The van der Waals surface area contributed by atoms with E-state index in [4.69, 9.17) is 11.5 Å². The average Bonchev–Trinajstić information content (AvgIpc) is 2.53. The molecule has 0 aromatic heterocycles. The lowest BCUT2D eigenvalue weighted by Crippen LogP contribution is -2.26. The third kappa shape index (κ3) is 4.95. The molecule has 2 amide bonds. The fourth-order valence-corrected chi connectivity index (χ4v) is 2.40. The predicted molar refractivity (Wildman–Crippen MR) is 94.4 cm³/mol. The summed E-state index contributed by atoms with van der Waals surface area (Å²) in [5, 5.41) is 2.69. The fraction of sp³-hybridized carbons (Fsp3) is 0.167. The lowest BCUT2D eigenvalue weighted by Gasteiger charge is -2.15. The van der Waals surface area contributed by atoms with Crippen LogP contribution in [0.2, 0.25) is 0 Å². The van der Waals surface area contributed by atoms with Gasteiger partial charge in [0, 0.05) is 12.6 Å². The maximum Gasteiger partial charge on any atom is 0.256 e. The van der Waals surface area contributed by atoms with E-state index in [0.717, 1.165) is 11.1 Å². The van der Waals surface area contributed by atoms with E-state index in [1.165, 1.54) is 6.92 Å². The van der Waals surface area contributed by atoms with Crippen molar-refractivity contribution < 1.29 is 9.59 Å². The van der Waals surface area contributed by atoms with Gasteiger partial charge in [-0.3, -0.25) is 9.59 Å². The van der Waals surface area contributed by atoms with Gasteiger partial charge in [-0.15, -0.1) is 0 Å². The summed E-state index contributed by atoms with van der Waals surface area (Å²) in [5.41, 5.74) is 13.1. The Balaban J connectivity index is 2.29. The number of nitrogens with zero attached hydrogens (tertiary/aromatic N) is 1. The maximum absolute atomic E-state index is 12.4. The molecule has 2 rings (SSSR count). The molecule has 0 aliphatic rings. The second kappa shape index (κ2) is 7.92. The smallest absolute Gasteiger partial charge is 0.256 e. The zero-order valence-electron chi connectivity index (χ0n) is 13.4. The van der Waals surface area contributed by atoms with Gasteiger partial charge in [0.1, 0.15) is 0 Å². The van der Waals surface area contributed by atoms with E-state index in [0.29, 0.717) is 12.1 Å². The van der Waals surface area contributed by atoms with Gasteiger partial charge >= 0.3 is 0 Å². The summed E-state index contributed by atoms with van der Waals surface area (Å²) < 4.78 is 0. The number of carbonyl (C=O) groups excluding carboxylic acids is 2. The molecule has 0 spiro atoms. The number of hydrogen-bond donors (Lipinski definition) is 3. The zero-order valence-corrected chi connectivity index (χ0v) is 13.4. The van der Waals surface area contributed by atoms with Gasteiger partial charge < -0.3 is 16.8 Å². The molecule has 0 saturated heterocycles. The van der Waals surface area contributed by atoms with Crippen molar-refractivity contribution in [1.82, 2.24) is 0 Å². The Bertz CT molecular complexity index is 735. The molecule has 124 valence electrons. The topological polar surface area (TPSA) is 111 Å². The number of benzene rings is 2. The minimum Gasteiger partial charge on any atom is -0.370 e. The van der Waals surface area contributed by atoms with Gasteiger partial charge in [-0.2, -0.15) is 4.99 Å². The van der Waals surface area contributed by atoms with Crippen LogP contribution < -0.4 is 16.8 Å². The van der Waals surface area contributed by atoms with Gasteiger partial charge in [0.25, 0.3) is 5.91 Å². The van der Waals surface area contributed by atoms with Crippen LogP contribution in [0.5, 0.6) is 0 Å². The molecular weight excluding hydrogens is 304 g/mol. The third-order valence-corrected chi connectivity index (χ3v) is 3.45. The SMILES string of the molecule is CC(=O)Nc1ccc([C@H](Cc2ccccc2)C(=O)N=C(N)N)cc1. The van der Waals surface area contributed by atoms with Gasteiger partial charge in [0.2, 0.25) is 5.91 Å². The Hall–Kier alpha value is -3.15. The van der Waals surface area contributed by atoms with E-state index in [-0.39, 0.29) is 11.9 Å². The summed E-state index contributed by atoms with van der Waals surface area (Å²) >= 11 is 0. The second-order valence-corrected chi connectivity index (χ2v) is 5.42. The van der Waals surface area contributed by atoms with Gasteiger partial charge in [0.05, 0.1) is 5.92 Å². The standard InChI is InChI=1S/C18H20N4O2/c1-12(23)21-15-9-7-14(8-10-15)16(17(24)22-18(19)20)11-13-5-3-2-4-6-13/h2-10,16H,11H2,1H3,(H,21,23)(H4,19,20,22,24)/t16-/m0/s1. The third-order valence-electron chi connectivity index (χ3n) is 3.45. The molecule has 2 aromatic rings. The molecule has 0 heterocycles. The Kier molecular flexibility index (Phi) is 5.68. The number of amides is 2. The molecular formula is C18H20N4O2. The molecule has 24 heavy (non-hydrogen) atoms. The Morgan fingerprint density at radius 3 is 2.21 bits per heavy atom. The Labute approximate surface area is 140 Å². The van der Waals surface area contributed by atoms with E-state index < -0.39 is 11.8 Å². The zero-order chi connectivity index (χ0) is 17.5. The average molecular weight is 324 g/mol. The predicted octanol–water partition coefficient (Wildman–Crippen LogP) is 1.77. The van der Waals surface area contributed by atoms with Gasteiger partial charge in [-0.25, -0.2) is 0 Å². The van der Waals surface area contributed by atoms with Gasteiger partial charge in [-0.05, 0) is 29.7 Å². The minimum atomic E-state index is -0.499. The minimum absolute atomic E-state index is 0.153. The van der Waals surface area contributed by atoms with Crippen LogP contribution in [0.15, 0.2) is 59.6 Å². The van der Waals surface area contributed by atoms with Crippen LogP contribution in [-0.2, 0) is 16.0 Å². The van der Waals surface area contributed by atoms with Crippen molar-refractivity contribution in [2.45, 2.75) is 19.3 Å². The monoisotopic (exact) mass is 324 g/mol. The van der Waals surface area contributed by atoms with E-state index >= 15 is 0 Å². The Morgan fingerprint density at radius 2 is 1.67 bits per heavy atom. The Morgan fingerprint density at radius 1 is 1.04 bits per heavy atom. The lowest BCUT2D eigenvalue weighted by molar-refractivity contribution is -0.119. The molecule has 0 saturated carbocycles. The lowest BCUT2D eigenvalue weighted by atomic mass is 9.91. The molecule has 0 aliphatic carbocycles. The molecule has 6 heteroatoms. The fourth-order valence-electron chi connectivity index (χ4n) is 2.40. The number of guanidine groups is 1. The van der Waals surface area contributed by atoms with Gasteiger partial charge in [-0.1, -0.05) is 42.5 Å². The molecule has 0 radical (unpaired) electrons. The molecule has 1 atom stereocenters.